The van der Waals surface area contributed by atoms with Gasteiger partial charge < -0.3 is 16.0 Å². The van der Waals surface area contributed by atoms with Crippen molar-refractivity contribution in [2.45, 2.75) is 18.2 Å². The normalized spacial score (nSPS) is 20.4. The van der Waals surface area contributed by atoms with Gasteiger partial charge in [-0.3, -0.25) is 4.79 Å². The van der Waals surface area contributed by atoms with Gasteiger partial charge in [0.15, 0.2) is 0 Å². The quantitative estimate of drug-likeness (QED) is 0.632. The molecule has 3 aromatic rings. The van der Waals surface area contributed by atoms with Crippen LogP contribution >= 0.6 is 11.8 Å². The Morgan fingerprint density at radius 3 is 2.89 bits per heavy atom. The van der Waals surface area contributed by atoms with Crippen LogP contribution in [0, 0.1) is 5.92 Å². The number of amides is 1. The lowest BCUT2D eigenvalue weighted by molar-refractivity contribution is -0.117. The maximum Gasteiger partial charge on any atom is 0.257 e. The molecule has 0 fully saturated rings. The fourth-order valence-corrected chi connectivity index (χ4v) is 4.87. The van der Waals surface area contributed by atoms with Gasteiger partial charge in [0.05, 0.1) is 10.9 Å². The Balaban J connectivity index is 1.51. The lowest BCUT2D eigenvalue weighted by Gasteiger charge is -2.18. The van der Waals surface area contributed by atoms with Crippen molar-refractivity contribution in [1.82, 2.24) is 15.3 Å². The Hall–Kier alpha value is -2.57. The van der Waals surface area contributed by atoms with Gasteiger partial charge in [0.1, 0.15) is 5.65 Å². The highest BCUT2D eigenvalue weighted by Crippen LogP contribution is 2.48. The van der Waals surface area contributed by atoms with Gasteiger partial charge in [-0.05, 0) is 29.2 Å². The van der Waals surface area contributed by atoms with Crippen molar-refractivity contribution in [1.29, 1.82) is 0 Å². The number of hydrogen-bond donors (Lipinski definition) is 3. The van der Waals surface area contributed by atoms with Gasteiger partial charge in [0.2, 0.25) is 0 Å². The van der Waals surface area contributed by atoms with Crippen LogP contribution in [0.1, 0.15) is 29.3 Å². The van der Waals surface area contributed by atoms with Gasteiger partial charge in [-0.25, -0.2) is 4.98 Å². The monoisotopic (exact) mass is 378 g/mol. The van der Waals surface area contributed by atoms with Gasteiger partial charge >= 0.3 is 0 Å². The lowest BCUT2D eigenvalue weighted by atomic mass is 9.99. The Bertz CT molecular complexity index is 982. The molecule has 0 radical (unpaired) electrons. The molecule has 0 spiro atoms. The van der Waals surface area contributed by atoms with Crippen molar-refractivity contribution in [2.75, 3.05) is 6.54 Å². The number of hydrogen-bond acceptors (Lipinski definition) is 4. The van der Waals surface area contributed by atoms with Crippen LogP contribution in [0.15, 0.2) is 65.8 Å². The first-order valence-corrected chi connectivity index (χ1v) is 9.91. The highest BCUT2D eigenvalue weighted by molar-refractivity contribution is 8.04. The maximum absolute atomic E-state index is 12.8. The molecule has 4 rings (SSSR count). The molecule has 1 aliphatic heterocycles. The SMILES string of the molecule is CC1C=C(C(=O)NC(CN)c2ccccc2)SC1c1ccnc2[nH]ccc12. The van der Waals surface area contributed by atoms with Gasteiger partial charge in [0, 0.05) is 29.6 Å². The number of nitrogens with two attached hydrogens (primary N) is 1. The second kappa shape index (κ2) is 7.58. The molecule has 2 aromatic heterocycles. The average molecular weight is 379 g/mol. The van der Waals surface area contributed by atoms with Crippen LogP contribution in [0.5, 0.6) is 0 Å². The van der Waals surface area contributed by atoms with Crippen molar-refractivity contribution in [3.63, 3.8) is 0 Å². The van der Waals surface area contributed by atoms with Crippen LogP contribution in [-0.2, 0) is 4.79 Å². The van der Waals surface area contributed by atoms with E-state index in [1.807, 2.05) is 54.9 Å². The van der Waals surface area contributed by atoms with Gasteiger partial charge in [-0.2, -0.15) is 0 Å². The average Bonchev–Trinajstić information content (AvgIpc) is 3.33. The molecule has 0 bridgehead atoms. The number of pyridine rings is 1. The fraction of sp³-hybridized carbons (Fsp3) is 0.238. The first-order chi connectivity index (χ1) is 13.2. The first kappa shape index (κ1) is 17.8. The molecule has 1 amide bonds. The number of rotatable bonds is 5. The Labute approximate surface area is 162 Å². The number of aromatic amines is 1. The highest BCUT2D eigenvalue weighted by Gasteiger charge is 2.31. The Morgan fingerprint density at radius 2 is 2.11 bits per heavy atom. The van der Waals surface area contributed by atoms with E-state index in [1.54, 1.807) is 11.8 Å². The second-order valence-corrected chi connectivity index (χ2v) is 7.92. The predicted molar refractivity (Wildman–Crippen MR) is 110 cm³/mol. The molecule has 3 unspecified atom stereocenters. The predicted octanol–water partition coefficient (Wildman–Crippen LogP) is 3.69. The largest absolute Gasteiger partial charge is 0.346 e. The van der Waals surface area contributed by atoms with Crippen LogP contribution in [0.25, 0.3) is 11.0 Å². The molecule has 0 aliphatic carbocycles. The van der Waals surface area contributed by atoms with Crippen molar-refractivity contribution in [3.05, 3.63) is 77.0 Å². The van der Waals surface area contributed by atoms with Crippen molar-refractivity contribution < 1.29 is 4.79 Å². The molecule has 1 aromatic carbocycles. The Kier molecular flexibility index (Phi) is 5.01. The van der Waals surface area contributed by atoms with E-state index in [4.69, 9.17) is 5.73 Å². The van der Waals surface area contributed by atoms with E-state index in [0.29, 0.717) is 6.54 Å². The molecule has 138 valence electrons. The molecule has 27 heavy (non-hydrogen) atoms. The smallest absolute Gasteiger partial charge is 0.257 e. The van der Waals surface area contributed by atoms with Crippen LogP contribution in [0.2, 0.25) is 0 Å². The number of thioether (sulfide) groups is 1. The summed E-state index contributed by atoms with van der Waals surface area (Å²) in [6.07, 6.45) is 5.78. The van der Waals surface area contributed by atoms with E-state index in [9.17, 15) is 4.79 Å². The fourth-order valence-electron chi connectivity index (χ4n) is 3.51. The second-order valence-electron chi connectivity index (χ2n) is 6.74. The van der Waals surface area contributed by atoms with E-state index in [2.05, 4.69) is 28.3 Å². The number of carbonyl (C=O) groups is 1. The zero-order valence-electron chi connectivity index (χ0n) is 15.1. The van der Waals surface area contributed by atoms with E-state index in [0.717, 1.165) is 21.5 Å². The molecule has 5 nitrogen and oxygen atoms in total. The summed E-state index contributed by atoms with van der Waals surface area (Å²) in [6.45, 7) is 2.51. The van der Waals surface area contributed by atoms with Crippen LogP contribution < -0.4 is 11.1 Å². The van der Waals surface area contributed by atoms with Gasteiger partial charge in [0.25, 0.3) is 5.91 Å². The topological polar surface area (TPSA) is 83.8 Å². The van der Waals surface area contributed by atoms with Crippen LogP contribution in [0.4, 0.5) is 0 Å². The summed E-state index contributed by atoms with van der Waals surface area (Å²) in [5.74, 6) is 0.192. The number of benzene rings is 1. The summed E-state index contributed by atoms with van der Waals surface area (Å²) in [5, 5.41) is 4.38. The summed E-state index contributed by atoms with van der Waals surface area (Å²) in [6, 6.07) is 13.7. The van der Waals surface area contributed by atoms with Crippen molar-refractivity contribution >= 4 is 28.7 Å². The minimum absolute atomic E-state index is 0.0620. The summed E-state index contributed by atoms with van der Waals surface area (Å²) in [4.78, 5) is 21.1. The standard InChI is InChI=1S/C21H22N4OS/c1-13-11-18(21(26)25-17(12-22)14-5-3-2-4-6-14)27-19(13)15-7-9-23-20-16(15)8-10-24-20/h2-11,13,17,19H,12,22H2,1H3,(H,23,24)(H,25,26). The highest BCUT2D eigenvalue weighted by atomic mass is 32.2. The summed E-state index contributed by atoms with van der Waals surface area (Å²) < 4.78 is 0. The summed E-state index contributed by atoms with van der Waals surface area (Å²) in [7, 11) is 0. The third kappa shape index (κ3) is 3.50. The number of allylic oxidation sites excluding steroid dienone is 1. The molecule has 0 saturated carbocycles. The Morgan fingerprint density at radius 1 is 1.30 bits per heavy atom. The molecule has 6 heteroatoms. The molecule has 0 saturated heterocycles. The van der Waals surface area contributed by atoms with Gasteiger partial charge in [-0.15, -0.1) is 11.8 Å². The third-order valence-electron chi connectivity index (χ3n) is 4.91. The van der Waals surface area contributed by atoms with Crippen LogP contribution in [0.3, 0.4) is 0 Å². The number of carbonyl (C=O) groups excluding carboxylic acids is 1. The third-order valence-corrected chi connectivity index (χ3v) is 6.43. The summed E-state index contributed by atoms with van der Waals surface area (Å²) >= 11 is 1.61. The van der Waals surface area contributed by atoms with E-state index in [1.165, 1.54) is 5.56 Å². The minimum atomic E-state index is -0.188. The molecule has 4 N–H and O–H groups in total. The van der Waals surface area contributed by atoms with E-state index < -0.39 is 0 Å². The molecule has 3 atom stereocenters. The summed E-state index contributed by atoms with van der Waals surface area (Å²) in [5.41, 5.74) is 9.00. The van der Waals surface area contributed by atoms with Crippen molar-refractivity contribution in [2.24, 2.45) is 11.7 Å². The van der Waals surface area contributed by atoms with E-state index in [-0.39, 0.29) is 23.1 Å². The van der Waals surface area contributed by atoms with Gasteiger partial charge in [-0.1, -0.05) is 43.3 Å². The molecule has 1 aliphatic rings. The minimum Gasteiger partial charge on any atom is -0.346 e. The van der Waals surface area contributed by atoms with E-state index >= 15 is 0 Å². The zero-order chi connectivity index (χ0) is 18.8. The zero-order valence-corrected chi connectivity index (χ0v) is 15.9. The number of aromatic nitrogens is 2. The number of fused-ring (bicyclic) bond motifs is 1. The number of nitrogens with zero attached hydrogens (tertiary/aromatic N) is 1. The number of H-pyrrole nitrogens is 1. The van der Waals surface area contributed by atoms with Crippen molar-refractivity contribution in [3.8, 4) is 0 Å². The molecule has 3 heterocycles. The number of nitrogens with one attached hydrogen (secondary N) is 2. The van der Waals surface area contributed by atoms with Crippen LogP contribution in [-0.4, -0.2) is 22.4 Å². The molecular weight excluding hydrogens is 356 g/mol. The maximum atomic E-state index is 12.8. The first-order valence-electron chi connectivity index (χ1n) is 9.03. The molecular formula is C21H22N4OS. The lowest BCUT2D eigenvalue weighted by Crippen LogP contribution is -2.33.